The Morgan fingerprint density at radius 2 is 2.12 bits per heavy atom. The van der Waals surface area contributed by atoms with Gasteiger partial charge in [0.25, 0.3) is 0 Å². The van der Waals surface area contributed by atoms with Crippen molar-refractivity contribution in [2.45, 2.75) is 37.9 Å². The molecule has 0 bridgehead atoms. The molecule has 1 heterocycles. The predicted octanol–water partition coefficient (Wildman–Crippen LogP) is 3.30. The van der Waals surface area contributed by atoms with Gasteiger partial charge in [-0.25, -0.2) is 0 Å². The number of thiocarbonyl (C=S) groups is 1. The zero-order chi connectivity index (χ0) is 19.7. The van der Waals surface area contributed by atoms with E-state index in [9.17, 15) is 18.0 Å². The lowest BCUT2D eigenvalue weighted by Crippen LogP contribution is -2.40. The van der Waals surface area contributed by atoms with Crippen LogP contribution in [-0.2, 0) is 4.79 Å². The normalized spacial score (nSPS) is 18.0. The van der Waals surface area contributed by atoms with Crippen LogP contribution in [0.25, 0.3) is 0 Å². The van der Waals surface area contributed by atoms with Crippen LogP contribution in [-0.4, -0.2) is 40.7 Å². The van der Waals surface area contributed by atoms with Crippen LogP contribution in [0.4, 0.5) is 13.2 Å². The molecule has 0 spiro atoms. The highest BCUT2D eigenvalue weighted by Crippen LogP contribution is 2.36. The molecule has 1 amide bonds. The highest BCUT2D eigenvalue weighted by molar-refractivity contribution is 7.98. The van der Waals surface area contributed by atoms with Crippen LogP contribution in [0.1, 0.15) is 30.3 Å². The number of carbonyl (C=O) groups is 1. The highest BCUT2D eigenvalue weighted by atomic mass is 32.2. The Kier molecular flexibility index (Phi) is 6.09. The van der Waals surface area contributed by atoms with E-state index < -0.39 is 23.0 Å². The standard InChI is InChI=1S/C16H20F3N3O2S2/c1-9-7-10(5-6-11(9)24-4)12(21-13(23)16(17,18)19)26-22-8-20-15(2,3)14(22)25/h5-7,12,20H,8H2,1-4H3,(H,21,23). The maximum Gasteiger partial charge on any atom is 0.471 e. The molecule has 1 unspecified atom stereocenters. The molecule has 1 aliphatic heterocycles. The van der Waals surface area contributed by atoms with Gasteiger partial charge in [-0.3, -0.25) is 14.4 Å². The number of hydrogen-bond acceptors (Lipinski definition) is 5. The van der Waals surface area contributed by atoms with Crippen molar-refractivity contribution in [1.29, 1.82) is 0 Å². The average molecular weight is 407 g/mol. The minimum absolute atomic E-state index is 0.365. The van der Waals surface area contributed by atoms with Gasteiger partial charge in [0.15, 0.2) is 0 Å². The number of rotatable bonds is 5. The molecular weight excluding hydrogens is 387 g/mol. The average Bonchev–Trinajstić information content (AvgIpc) is 2.80. The van der Waals surface area contributed by atoms with Crippen LogP contribution in [0.3, 0.4) is 0 Å². The number of alkyl halides is 3. The summed E-state index contributed by atoms with van der Waals surface area (Å²) < 4.78 is 45.1. The third-order valence-corrected chi connectivity index (χ3v) is 5.91. The molecule has 10 heteroatoms. The van der Waals surface area contributed by atoms with Crippen molar-refractivity contribution in [1.82, 2.24) is 14.9 Å². The van der Waals surface area contributed by atoms with E-state index in [4.69, 9.17) is 17.0 Å². The molecule has 0 radical (unpaired) electrons. The van der Waals surface area contributed by atoms with E-state index in [1.807, 2.05) is 19.2 Å². The van der Waals surface area contributed by atoms with E-state index in [0.29, 0.717) is 23.0 Å². The second-order valence-corrected chi connectivity index (χ2v) is 7.84. The highest BCUT2D eigenvalue weighted by Gasteiger charge is 2.42. The lowest BCUT2D eigenvalue weighted by Gasteiger charge is -2.27. The van der Waals surface area contributed by atoms with Crippen molar-refractivity contribution >= 4 is 35.1 Å². The Labute approximate surface area is 159 Å². The Morgan fingerprint density at radius 1 is 1.46 bits per heavy atom. The Balaban J connectivity index is 2.29. The van der Waals surface area contributed by atoms with Gasteiger partial charge in [-0.05, 0) is 56.0 Å². The summed E-state index contributed by atoms with van der Waals surface area (Å²) in [5.41, 5.74) is 0.814. The lowest BCUT2D eigenvalue weighted by molar-refractivity contribution is -0.173. The van der Waals surface area contributed by atoms with Crippen molar-refractivity contribution in [2.24, 2.45) is 0 Å². The molecule has 144 valence electrons. The van der Waals surface area contributed by atoms with E-state index in [2.05, 4.69) is 5.32 Å². The Hall–Kier alpha value is -1.52. The topological polar surface area (TPSA) is 53.6 Å². The number of aryl methyl sites for hydroxylation is 1. The second kappa shape index (κ2) is 7.61. The molecule has 0 aliphatic carbocycles. The number of methoxy groups -OCH3 is 1. The molecule has 1 aliphatic rings. The SMILES string of the molecule is COc1ccc(C(NC(=O)C(F)(F)F)SN2CNC(C)(C)C2=S)cc1C. The van der Waals surface area contributed by atoms with E-state index in [0.717, 1.165) is 17.5 Å². The molecule has 5 nitrogen and oxygen atoms in total. The summed E-state index contributed by atoms with van der Waals surface area (Å²) >= 11 is 6.42. The van der Waals surface area contributed by atoms with Gasteiger partial charge in [0.2, 0.25) is 0 Å². The largest absolute Gasteiger partial charge is 0.496 e. The fourth-order valence-corrected chi connectivity index (χ4v) is 3.79. The van der Waals surface area contributed by atoms with Crippen molar-refractivity contribution < 1.29 is 22.7 Å². The van der Waals surface area contributed by atoms with Gasteiger partial charge in [0, 0.05) is 0 Å². The minimum Gasteiger partial charge on any atom is -0.496 e. The molecular formula is C16H20F3N3O2S2. The van der Waals surface area contributed by atoms with Crippen molar-refractivity contribution in [3.63, 3.8) is 0 Å². The third-order valence-electron chi connectivity index (χ3n) is 3.90. The molecule has 0 saturated carbocycles. The molecule has 1 aromatic carbocycles. The molecule has 1 atom stereocenters. The maximum atomic E-state index is 12.7. The van der Waals surface area contributed by atoms with Crippen molar-refractivity contribution in [3.8, 4) is 5.75 Å². The van der Waals surface area contributed by atoms with Crippen LogP contribution in [0, 0.1) is 6.92 Å². The molecule has 1 fully saturated rings. The maximum absolute atomic E-state index is 12.7. The van der Waals surface area contributed by atoms with E-state index >= 15 is 0 Å². The summed E-state index contributed by atoms with van der Waals surface area (Å²) in [6, 6.07) is 4.96. The third kappa shape index (κ3) is 4.60. The molecule has 1 saturated heterocycles. The van der Waals surface area contributed by atoms with Crippen LogP contribution in [0.15, 0.2) is 18.2 Å². The first-order valence-corrected chi connectivity index (χ1v) is 8.96. The molecule has 1 aromatic rings. The van der Waals surface area contributed by atoms with Gasteiger partial charge in [0.05, 0.1) is 19.3 Å². The smallest absolute Gasteiger partial charge is 0.471 e. The van der Waals surface area contributed by atoms with Crippen LogP contribution >= 0.6 is 24.2 Å². The number of halogens is 3. The molecule has 26 heavy (non-hydrogen) atoms. The number of carbonyl (C=O) groups excluding carboxylic acids is 1. The summed E-state index contributed by atoms with van der Waals surface area (Å²) in [6.07, 6.45) is -4.97. The van der Waals surface area contributed by atoms with Crippen molar-refractivity contribution in [2.75, 3.05) is 13.8 Å². The van der Waals surface area contributed by atoms with Gasteiger partial charge in [-0.15, -0.1) is 0 Å². The molecule has 2 N–H and O–H groups in total. The monoisotopic (exact) mass is 407 g/mol. The lowest BCUT2D eigenvalue weighted by atomic mass is 10.1. The van der Waals surface area contributed by atoms with Crippen LogP contribution < -0.4 is 15.4 Å². The molecule has 0 aromatic heterocycles. The van der Waals surface area contributed by atoms with Crippen LogP contribution in [0.5, 0.6) is 5.75 Å². The number of ether oxygens (including phenoxy) is 1. The number of amides is 1. The summed E-state index contributed by atoms with van der Waals surface area (Å²) in [6.45, 7) is 5.91. The van der Waals surface area contributed by atoms with Gasteiger partial charge in [-0.2, -0.15) is 13.2 Å². The Morgan fingerprint density at radius 3 is 2.58 bits per heavy atom. The summed E-state index contributed by atoms with van der Waals surface area (Å²) in [4.78, 5) is 12.1. The van der Waals surface area contributed by atoms with E-state index in [1.54, 1.807) is 29.4 Å². The molecule has 2 rings (SSSR count). The first-order valence-electron chi connectivity index (χ1n) is 7.71. The first-order chi connectivity index (χ1) is 12.0. The van der Waals surface area contributed by atoms with E-state index in [1.165, 1.54) is 7.11 Å². The van der Waals surface area contributed by atoms with Gasteiger partial charge in [0.1, 0.15) is 16.1 Å². The minimum atomic E-state index is -4.97. The zero-order valence-electron chi connectivity index (χ0n) is 14.7. The summed E-state index contributed by atoms with van der Waals surface area (Å²) in [5.74, 6) is -1.39. The fourth-order valence-electron chi connectivity index (χ4n) is 2.38. The van der Waals surface area contributed by atoms with E-state index in [-0.39, 0.29) is 0 Å². The van der Waals surface area contributed by atoms with Crippen molar-refractivity contribution in [3.05, 3.63) is 29.3 Å². The fraction of sp³-hybridized carbons (Fsp3) is 0.500. The summed E-state index contributed by atoms with van der Waals surface area (Å²) in [5, 5.41) is 4.26. The number of hydrogen-bond donors (Lipinski definition) is 2. The van der Waals surface area contributed by atoms with Gasteiger partial charge in [-0.1, -0.05) is 18.3 Å². The number of benzene rings is 1. The van der Waals surface area contributed by atoms with Crippen LogP contribution in [0.2, 0.25) is 0 Å². The van der Waals surface area contributed by atoms with Gasteiger partial charge >= 0.3 is 12.1 Å². The first kappa shape index (κ1) is 20.8. The number of nitrogens with one attached hydrogen (secondary N) is 2. The number of nitrogens with zero attached hydrogens (tertiary/aromatic N) is 1. The summed E-state index contributed by atoms with van der Waals surface area (Å²) in [7, 11) is 1.51. The second-order valence-electron chi connectivity index (χ2n) is 6.33. The quantitative estimate of drug-likeness (QED) is 0.444. The zero-order valence-corrected chi connectivity index (χ0v) is 16.4. The Bertz CT molecular complexity index is 710. The van der Waals surface area contributed by atoms with Gasteiger partial charge < -0.3 is 10.1 Å². The predicted molar refractivity (Wildman–Crippen MR) is 98.8 cm³/mol.